The van der Waals surface area contributed by atoms with Crippen molar-refractivity contribution < 1.29 is 37.0 Å². The number of ether oxygens (including phenoxy) is 2. The van der Waals surface area contributed by atoms with Gasteiger partial charge in [-0.1, -0.05) is 41.9 Å². The third-order valence-electron chi connectivity index (χ3n) is 7.06. The Hall–Kier alpha value is -3.91. The van der Waals surface area contributed by atoms with Gasteiger partial charge in [0.1, 0.15) is 18.4 Å². The van der Waals surface area contributed by atoms with E-state index in [0.717, 1.165) is 0 Å². The molecule has 4 aromatic rings. The van der Waals surface area contributed by atoms with E-state index in [4.69, 9.17) is 21.1 Å². The van der Waals surface area contributed by atoms with E-state index in [-0.39, 0.29) is 56.1 Å². The van der Waals surface area contributed by atoms with Crippen molar-refractivity contribution in [2.24, 2.45) is 0 Å². The molecule has 0 saturated carbocycles. The fourth-order valence-corrected chi connectivity index (χ4v) is 5.76. The van der Waals surface area contributed by atoms with Crippen molar-refractivity contribution in [1.82, 2.24) is 9.47 Å². The fourth-order valence-electron chi connectivity index (χ4n) is 4.83. The predicted molar refractivity (Wildman–Crippen MR) is 186 cm³/mol. The van der Waals surface area contributed by atoms with Crippen LogP contribution in [0.15, 0.2) is 79.0 Å². The van der Waals surface area contributed by atoms with Crippen molar-refractivity contribution in [2.45, 2.75) is 36.6 Å². The number of urea groups is 1. The molecule has 0 aliphatic carbocycles. The topological polar surface area (TPSA) is 102 Å². The largest absolute Gasteiger partial charge is 0.492 e. The molecule has 2 N–H and O–H groups in total. The van der Waals surface area contributed by atoms with Crippen molar-refractivity contribution in [3.63, 3.8) is 0 Å². The first kappa shape index (κ1) is 38.5. The van der Waals surface area contributed by atoms with E-state index in [0.29, 0.717) is 38.6 Å². The summed E-state index contributed by atoms with van der Waals surface area (Å²) >= 11 is 6.08. The Kier molecular flexibility index (Phi) is 14.0. The lowest BCUT2D eigenvalue weighted by molar-refractivity contribution is -0.148. The second kappa shape index (κ2) is 17.5. The van der Waals surface area contributed by atoms with Crippen molar-refractivity contribution in [3.05, 3.63) is 89.6 Å². The highest BCUT2D eigenvalue weighted by Gasteiger charge is 2.34. The summed E-state index contributed by atoms with van der Waals surface area (Å²) in [6.07, 6.45) is 1.76. The van der Waals surface area contributed by atoms with Gasteiger partial charge in [0.05, 0.1) is 23.1 Å². The molecule has 2 atom stereocenters. The van der Waals surface area contributed by atoms with Crippen LogP contribution in [-0.2, 0) is 9.53 Å². The van der Waals surface area contributed by atoms with Crippen molar-refractivity contribution in [3.8, 4) is 5.75 Å². The molecule has 0 radical (unpaired) electrons. The first-order valence-corrected chi connectivity index (χ1v) is 15.9. The van der Waals surface area contributed by atoms with Crippen LogP contribution in [0.25, 0.3) is 10.9 Å². The maximum absolute atomic E-state index is 13.3. The molecular formula is C33H35Cl2F3N4O5S. The molecule has 0 saturated heterocycles. The normalized spacial score (nSPS) is 12.6. The average Bonchev–Trinajstić information content (AvgIpc) is 3.36. The van der Waals surface area contributed by atoms with Crippen LogP contribution in [-0.4, -0.2) is 66.2 Å². The number of fused-ring (bicyclic) bond motifs is 1. The summed E-state index contributed by atoms with van der Waals surface area (Å²) in [5.74, 6) is -0.374. The number of aromatic nitrogens is 1. The summed E-state index contributed by atoms with van der Waals surface area (Å²) < 4.78 is 51.7. The molecular weight excluding hydrogens is 692 g/mol. The van der Waals surface area contributed by atoms with Crippen LogP contribution in [0.1, 0.15) is 35.4 Å². The molecule has 1 aromatic heterocycles. The summed E-state index contributed by atoms with van der Waals surface area (Å²) in [7, 11) is 3.47. The Balaban J connectivity index is 0.00000625. The number of amides is 2. The van der Waals surface area contributed by atoms with E-state index in [1.54, 1.807) is 86.6 Å². The van der Waals surface area contributed by atoms with Gasteiger partial charge in [0.15, 0.2) is 0 Å². The molecule has 48 heavy (non-hydrogen) atoms. The second-order valence-electron chi connectivity index (χ2n) is 10.6. The lowest BCUT2D eigenvalue weighted by Crippen LogP contribution is -2.37. The number of thioether (sulfide) groups is 1. The first-order chi connectivity index (χ1) is 22.3. The Morgan fingerprint density at radius 1 is 1.00 bits per heavy atom. The molecule has 0 fully saturated rings. The van der Waals surface area contributed by atoms with E-state index in [2.05, 4.69) is 10.6 Å². The van der Waals surface area contributed by atoms with E-state index in [1.807, 2.05) is 0 Å². The van der Waals surface area contributed by atoms with Crippen LogP contribution < -0.4 is 15.4 Å². The van der Waals surface area contributed by atoms with E-state index in [9.17, 15) is 27.6 Å². The number of alkyl halides is 3. The molecule has 258 valence electrons. The molecule has 0 bridgehead atoms. The Labute approximate surface area is 291 Å². The lowest BCUT2D eigenvalue weighted by Gasteiger charge is -2.22. The summed E-state index contributed by atoms with van der Waals surface area (Å²) in [4.78, 5) is 40.3. The van der Waals surface area contributed by atoms with Crippen LogP contribution in [0, 0.1) is 0 Å². The van der Waals surface area contributed by atoms with Crippen LogP contribution >= 0.6 is 35.8 Å². The van der Waals surface area contributed by atoms with Gasteiger partial charge in [0.2, 0.25) is 5.91 Å². The number of likely N-dealkylation sites (N-methyl/N-ethyl adjacent to an activating group) is 1. The number of benzene rings is 3. The molecule has 2 amide bonds. The maximum atomic E-state index is 13.3. The number of esters is 1. The smallest absolute Gasteiger partial charge is 0.442 e. The number of carbonyl (C=O) groups is 3. The van der Waals surface area contributed by atoms with E-state index >= 15 is 0 Å². The third-order valence-corrected chi connectivity index (χ3v) is 8.25. The highest BCUT2D eigenvalue weighted by Crippen LogP contribution is 2.42. The SMILES string of the molecule is CCOC(=O)C(CCC(=O)n1cc(NC(=O)Nc2ccc(OCC(SC(F)(F)F)c3ccccc3)cc2)c2cc(Cl)ccc21)N(C)C.Cl. The Morgan fingerprint density at radius 2 is 1.69 bits per heavy atom. The minimum Gasteiger partial charge on any atom is -0.492 e. The van der Waals surface area contributed by atoms with Crippen molar-refractivity contribution in [2.75, 3.05) is 37.9 Å². The van der Waals surface area contributed by atoms with Gasteiger partial charge in [-0.05, 0) is 87.2 Å². The van der Waals surface area contributed by atoms with Gasteiger partial charge in [-0.2, -0.15) is 13.2 Å². The fraction of sp³-hybridized carbons (Fsp3) is 0.303. The zero-order valence-electron chi connectivity index (χ0n) is 26.3. The summed E-state index contributed by atoms with van der Waals surface area (Å²) in [5.41, 5.74) is -2.70. The van der Waals surface area contributed by atoms with Gasteiger partial charge in [-0.15, -0.1) is 12.4 Å². The zero-order valence-corrected chi connectivity index (χ0v) is 28.6. The van der Waals surface area contributed by atoms with Gasteiger partial charge >= 0.3 is 17.5 Å². The number of nitrogens with zero attached hydrogens (tertiary/aromatic N) is 2. The lowest BCUT2D eigenvalue weighted by atomic mass is 10.1. The van der Waals surface area contributed by atoms with Gasteiger partial charge < -0.3 is 20.1 Å². The minimum absolute atomic E-state index is 0. The molecule has 0 aliphatic rings. The molecule has 3 aromatic carbocycles. The van der Waals surface area contributed by atoms with Crippen LogP contribution in [0.4, 0.5) is 29.3 Å². The van der Waals surface area contributed by atoms with Crippen LogP contribution in [0.2, 0.25) is 5.02 Å². The molecule has 9 nitrogen and oxygen atoms in total. The molecule has 2 unspecified atom stereocenters. The van der Waals surface area contributed by atoms with Gasteiger partial charge in [0, 0.05) is 28.7 Å². The number of rotatable bonds is 13. The minimum atomic E-state index is -4.44. The standard InChI is InChI=1S/C33H34ClF3N4O5S.ClH/c1-4-45-31(43)28(40(2)3)16-17-30(42)41-19-26(25-18-22(34)10-15-27(25)41)39-32(44)38-23-11-13-24(14-12-23)46-20-29(47-33(35,36)37)21-8-6-5-7-9-21;/h5-15,18-19,28-29H,4,16-17,20H2,1-3H3,(H2,38,39,44);1H. The highest BCUT2D eigenvalue weighted by atomic mass is 35.5. The maximum Gasteiger partial charge on any atom is 0.442 e. The molecule has 4 rings (SSSR count). The number of carbonyl (C=O) groups excluding carboxylic acids is 3. The van der Waals surface area contributed by atoms with E-state index in [1.165, 1.54) is 22.9 Å². The molecule has 0 spiro atoms. The van der Waals surface area contributed by atoms with E-state index < -0.39 is 28.8 Å². The zero-order chi connectivity index (χ0) is 34.1. The quantitative estimate of drug-likeness (QED) is 0.133. The van der Waals surface area contributed by atoms with Crippen molar-refractivity contribution in [1.29, 1.82) is 0 Å². The van der Waals surface area contributed by atoms with Crippen LogP contribution in [0.3, 0.4) is 0 Å². The number of anilines is 2. The summed E-state index contributed by atoms with van der Waals surface area (Å²) in [6, 6.07) is 18.2. The van der Waals surface area contributed by atoms with Crippen molar-refractivity contribution >= 4 is 76.0 Å². The molecule has 1 heterocycles. The highest BCUT2D eigenvalue weighted by molar-refractivity contribution is 8.00. The number of hydrogen-bond donors (Lipinski definition) is 2. The van der Waals surface area contributed by atoms with Crippen LogP contribution in [0.5, 0.6) is 5.75 Å². The van der Waals surface area contributed by atoms with Gasteiger partial charge in [-0.3, -0.25) is 19.1 Å². The summed E-state index contributed by atoms with van der Waals surface area (Å²) in [6.45, 7) is 1.73. The average molecular weight is 728 g/mol. The second-order valence-corrected chi connectivity index (χ2v) is 12.3. The van der Waals surface area contributed by atoms with Gasteiger partial charge in [-0.25, -0.2) is 4.79 Å². The Morgan fingerprint density at radius 3 is 2.31 bits per heavy atom. The molecule has 15 heteroatoms. The first-order valence-electron chi connectivity index (χ1n) is 14.6. The molecule has 0 aliphatic heterocycles. The monoisotopic (exact) mass is 726 g/mol. The number of hydrogen-bond acceptors (Lipinski definition) is 7. The number of halogens is 5. The number of nitrogens with one attached hydrogen (secondary N) is 2. The third kappa shape index (κ3) is 10.8. The predicted octanol–water partition coefficient (Wildman–Crippen LogP) is 8.65. The van der Waals surface area contributed by atoms with Gasteiger partial charge in [0.25, 0.3) is 0 Å². The summed E-state index contributed by atoms with van der Waals surface area (Å²) in [5, 5.41) is 5.41. The Bertz CT molecular complexity index is 1690.